The first-order chi connectivity index (χ1) is 15.5. The summed E-state index contributed by atoms with van der Waals surface area (Å²) in [5.74, 6) is -0.324. The molecule has 2 heterocycles. The van der Waals surface area contributed by atoms with Gasteiger partial charge in [0.15, 0.2) is 11.5 Å². The average Bonchev–Trinajstić information content (AvgIpc) is 3.30. The monoisotopic (exact) mass is 439 g/mol. The minimum atomic E-state index is -0.361. The molecule has 4 rings (SSSR count). The number of nitrogens with one attached hydrogen (secondary N) is 1. The lowest BCUT2D eigenvalue weighted by molar-refractivity contribution is 0.0687. The molecule has 0 saturated carbocycles. The minimum Gasteiger partial charge on any atom is -0.355 e. The first kappa shape index (κ1) is 21.7. The van der Waals surface area contributed by atoms with Crippen molar-refractivity contribution in [1.29, 1.82) is 0 Å². The molecular formula is C24H23F2N3O3. The third-order valence-corrected chi connectivity index (χ3v) is 5.70. The van der Waals surface area contributed by atoms with Crippen molar-refractivity contribution in [3.05, 3.63) is 77.5 Å². The third-order valence-electron chi connectivity index (χ3n) is 5.70. The zero-order chi connectivity index (χ0) is 22.5. The maximum atomic E-state index is 13.0. The van der Waals surface area contributed by atoms with Crippen molar-refractivity contribution in [3.8, 4) is 11.3 Å². The van der Waals surface area contributed by atoms with Gasteiger partial charge in [0.2, 0.25) is 0 Å². The van der Waals surface area contributed by atoms with Crippen molar-refractivity contribution >= 4 is 11.8 Å². The van der Waals surface area contributed by atoms with E-state index < -0.39 is 0 Å². The zero-order valence-electron chi connectivity index (χ0n) is 17.4. The summed E-state index contributed by atoms with van der Waals surface area (Å²) in [6.45, 7) is 1.77. The Kier molecular flexibility index (Phi) is 6.58. The van der Waals surface area contributed by atoms with Crippen LogP contribution in [0.3, 0.4) is 0 Å². The van der Waals surface area contributed by atoms with Gasteiger partial charge in [0.05, 0.1) is 0 Å². The highest BCUT2D eigenvalue weighted by atomic mass is 19.1. The molecule has 3 aromatic rings. The van der Waals surface area contributed by atoms with Gasteiger partial charge < -0.3 is 14.7 Å². The van der Waals surface area contributed by atoms with Crippen molar-refractivity contribution < 1.29 is 22.9 Å². The van der Waals surface area contributed by atoms with Crippen LogP contribution in [0, 0.1) is 17.6 Å². The van der Waals surface area contributed by atoms with Gasteiger partial charge in [0.1, 0.15) is 11.6 Å². The van der Waals surface area contributed by atoms with Gasteiger partial charge in [0.25, 0.3) is 11.8 Å². The first-order valence-electron chi connectivity index (χ1n) is 10.6. The molecule has 0 radical (unpaired) electrons. The van der Waals surface area contributed by atoms with Crippen LogP contribution >= 0.6 is 0 Å². The second-order valence-corrected chi connectivity index (χ2v) is 7.87. The number of aromatic nitrogens is 1. The van der Waals surface area contributed by atoms with Gasteiger partial charge in [-0.15, -0.1) is 0 Å². The summed E-state index contributed by atoms with van der Waals surface area (Å²) in [4.78, 5) is 26.6. The largest absolute Gasteiger partial charge is 0.355 e. The number of halogens is 2. The molecule has 6 nitrogen and oxygen atoms in total. The highest BCUT2D eigenvalue weighted by molar-refractivity contribution is 5.94. The molecule has 1 aliphatic heterocycles. The zero-order valence-corrected chi connectivity index (χ0v) is 17.4. The van der Waals surface area contributed by atoms with E-state index in [1.54, 1.807) is 17.0 Å². The fourth-order valence-electron chi connectivity index (χ4n) is 3.81. The maximum absolute atomic E-state index is 13.0. The maximum Gasteiger partial charge on any atom is 0.273 e. The SMILES string of the molecule is O=C(NCCC1CCN(C(=O)c2ccc(F)cc2)CC1)c1cc(-c2ccc(F)cc2)on1. The Balaban J connectivity index is 1.21. The van der Waals surface area contributed by atoms with Crippen molar-refractivity contribution in [2.75, 3.05) is 19.6 Å². The molecule has 0 atom stereocenters. The molecule has 2 aromatic carbocycles. The number of benzene rings is 2. The number of amides is 2. The van der Waals surface area contributed by atoms with Gasteiger partial charge in [0, 0.05) is 36.8 Å². The highest BCUT2D eigenvalue weighted by Gasteiger charge is 2.24. The molecule has 1 aromatic heterocycles. The third kappa shape index (κ3) is 5.19. The molecular weight excluding hydrogens is 416 g/mol. The number of carbonyl (C=O) groups excluding carboxylic acids is 2. The lowest BCUT2D eigenvalue weighted by Gasteiger charge is -2.32. The number of piperidine rings is 1. The van der Waals surface area contributed by atoms with Gasteiger partial charge in [-0.05, 0) is 73.7 Å². The van der Waals surface area contributed by atoms with E-state index >= 15 is 0 Å². The second kappa shape index (κ2) is 9.72. The number of rotatable bonds is 6. The molecule has 2 amide bonds. The van der Waals surface area contributed by atoms with Crippen molar-refractivity contribution in [1.82, 2.24) is 15.4 Å². The predicted octanol–water partition coefficient (Wildman–Crippen LogP) is 4.29. The van der Waals surface area contributed by atoms with Crippen LogP contribution in [0.2, 0.25) is 0 Å². The predicted molar refractivity (Wildman–Crippen MR) is 114 cm³/mol. The van der Waals surface area contributed by atoms with Crippen LogP contribution < -0.4 is 5.32 Å². The van der Waals surface area contributed by atoms with E-state index in [9.17, 15) is 18.4 Å². The molecule has 32 heavy (non-hydrogen) atoms. The number of carbonyl (C=O) groups is 2. The molecule has 1 N–H and O–H groups in total. The minimum absolute atomic E-state index is 0.0836. The van der Waals surface area contributed by atoms with E-state index in [1.165, 1.54) is 42.5 Å². The summed E-state index contributed by atoms with van der Waals surface area (Å²) in [6.07, 6.45) is 2.50. The fourth-order valence-corrected chi connectivity index (χ4v) is 3.81. The number of likely N-dealkylation sites (tertiary alicyclic amines) is 1. The van der Waals surface area contributed by atoms with Crippen LogP contribution in [-0.4, -0.2) is 41.5 Å². The van der Waals surface area contributed by atoms with Gasteiger partial charge in [-0.25, -0.2) is 8.78 Å². The van der Waals surface area contributed by atoms with Crippen LogP contribution in [0.15, 0.2) is 59.1 Å². The van der Waals surface area contributed by atoms with Crippen LogP contribution in [0.4, 0.5) is 8.78 Å². The second-order valence-electron chi connectivity index (χ2n) is 7.87. The van der Waals surface area contributed by atoms with E-state index in [2.05, 4.69) is 10.5 Å². The van der Waals surface area contributed by atoms with E-state index in [-0.39, 0.29) is 29.1 Å². The number of hydrogen-bond donors (Lipinski definition) is 1. The molecule has 1 fully saturated rings. The lowest BCUT2D eigenvalue weighted by atomic mass is 9.93. The van der Waals surface area contributed by atoms with Crippen LogP contribution in [0.25, 0.3) is 11.3 Å². The molecule has 0 spiro atoms. The average molecular weight is 439 g/mol. The Morgan fingerprint density at radius 3 is 2.28 bits per heavy atom. The summed E-state index contributed by atoms with van der Waals surface area (Å²) in [5.41, 5.74) is 1.30. The summed E-state index contributed by atoms with van der Waals surface area (Å²) in [6, 6.07) is 12.9. The molecule has 0 unspecified atom stereocenters. The van der Waals surface area contributed by atoms with E-state index in [0.717, 1.165) is 19.3 Å². The van der Waals surface area contributed by atoms with Gasteiger partial charge in [-0.2, -0.15) is 0 Å². The van der Waals surface area contributed by atoms with E-state index in [0.29, 0.717) is 42.4 Å². The smallest absolute Gasteiger partial charge is 0.273 e. The van der Waals surface area contributed by atoms with Crippen LogP contribution in [0.1, 0.15) is 40.1 Å². The summed E-state index contributed by atoms with van der Waals surface area (Å²) >= 11 is 0. The molecule has 1 saturated heterocycles. The summed E-state index contributed by atoms with van der Waals surface area (Å²) in [7, 11) is 0. The fraction of sp³-hybridized carbons (Fsp3) is 0.292. The Bertz CT molecular complexity index is 1070. The van der Waals surface area contributed by atoms with Crippen molar-refractivity contribution in [2.24, 2.45) is 5.92 Å². The number of hydrogen-bond acceptors (Lipinski definition) is 4. The molecule has 166 valence electrons. The Morgan fingerprint density at radius 2 is 1.62 bits per heavy atom. The first-order valence-corrected chi connectivity index (χ1v) is 10.6. The van der Waals surface area contributed by atoms with Gasteiger partial charge in [-0.1, -0.05) is 5.16 Å². The van der Waals surface area contributed by atoms with E-state index in [4.69, 9.17) is 4.52 Å². The molecule has 8 heteroatoms. The summed E-state index contributed by atoms with van der Waals surface area (Å²) in [5, 5.41) is 6.64. The van der Waals surface area contributed by atoms with Crippen LogP contribution in [-0.2, 0) is 0 Å². The standard InChI is InChI=1S/C24H23F2N3O3/c25-19-5-1-17(2-6-19)22-15-21(28-32-22)23(30)27-12-9-16-10-13-29(14-11-16)24(31)18-3-7-20(26)8-4-18/h1-8,15-16H,9-14H2,(H,27,30). The lowest BCUT2D eigenvalue weighted by Crippen LogP contribution is -2.39. The Morgan fingerprint density at radius 1 is 1.00 bits per heavy atom. The molecule has 1 aliphatic rings. The Hall–Kier alpha value is -3.55. The summed E-state index contributed by atoms with van der Waals surface area (Å²) < 4.78 is 31.3. The number of nitrogens with zero attached hydrogens (tertiary/aromatic N) is 2. The quantitative estimate of drug-likeness (QED) is 0.622. The normalized spacial score (nSPS) is 14.4. The van der Waals surface area contributed by atoms with Crippen molar-refractivity contribution in [3.63, 3.8) is 0 Å². The van der Waals surface area contributed by atoms with E-state index in [1.807, 2.05) is 0 Å². The van der Waals surface area contributed by atoms with Gasteiger partial charge in [-0.3, -0.25) is 9.59 Å². The molecule has 0 bridgehead atoms. The van der Waals surface area contributed by atoms with Crippen LogP contribution in [0.5, 0.6) is 0 Å². The van der Waals surface area contributed by atoms with Gasteiger partial charge >= 0.3 is 0 Å². The van der Waals surface area contributed by atoms with Crippen molar-refractivity contribution in [2.45, 2.75) is 19.3 Å². The Labute approximate surface area is 184 Å². The topological polar surface area (TPSA) is 75.4 Å². The highest BCUT2D eigenvalue weighted by Crippen LogP contribution is 2.23. The molecule has 0 aliphatic carbocycles.